The van der Waals surface area contributed by atoms with E-state index in [9.17, 15) is 9.59 Å². The molecule has 0 radical (unpaired) electrons. The summed E-state index contributed by atoms with van der Waals surface area (Å²) in [5, 5.41) is 2.87. The molecular formula is C10H11ClN2O3. The van der Waals surface area contributed by atoms with Crippen molar-refractivity contribution in [2.45, 2.75) is 0 Å². The molecule has 0 aliphatic rings. The van der Waals surface area contributed by atoms with E-state index in [0.717, 1.165) is 0 Å². The molecule has 0 aliphatic heterocycles. The highest BCUT2D eigenvalue weighted by Crippen LogP contribution is 2.21. The van der Waals surface area contributed by atoms with Crippen molar-refractivity contribution in [3.8, 4) is 0 Å². The smallest absolute Gasteiger partial charge is 0.339 e. The van der Waals surface area contributed by atoms with Gasteiger partial charge in [0.05, 0.1) is 24.9 Å². The van der Waals surface area contributed by atoms with Crippen LogP contribution in [0.3, 0.4) is 0 Å². The standard InChI is InChI=1S/C10H11ClN2O3/c1-16-10(15)7-3-2-6(11)4-8(7)13-9(14)5-12/h2-4H,5,12H2,1H3,(H,13,14). The van der Waals surface area contributed by atoms with E-state index in [4.69, 9.17) is 17.3 Å². The molecule has 0 saturated carbocycles. The average molecular weight is 243 g/mol. The number of carbonyl (C=O) groups is 2. The molecule has 1 aromatic carbocycles. The molecule has 0 aliphatic carbocycles. The van der Waals surface area contributed by atoms with Gasteiger partial charge in [0.1, 0.15) is 0 Å². The molecule has 0 spiro atoms. The second-order valence-electron chi connectivity index (χ2n) is 2.93. The minimum Gasteiger partial charge on any atom is -0.465 e. The van der Waals surface area contributed by atoms with Crippen LogP contribution >= 0.6 is 11.6 Å². The molecule has 0 aromatic heterocycles. The highest BCUT2D eigenvalue weighted by molar-refractivity contribution is 6.31. The van der Waals surface area contributed by atoms with Crippen molar-refractivity contribution in [2.24, 2.45) is 5.73 Å². The maximum atomic E-state index is 11.4. The zero-order valence-corrected chi connectivity index (χ0v) is 9.38. The number of methoxy groups -OCH3 is 1. The first kappa shape index (κ1) is 12.5. The fraction of sp³-hybridized carbons (Fsp3) is 0.200. The van der Waals surface area contributed by atoms with E-state index in [1.54, 1.807) is 0 Å². The van der Waals surface area contributed by atoms with Crippen molar-refractivity contribution in [1.82, 2.24) is 0 Å². The Morgan fingerprint density at radius 1 is 1.50 bits per heavy atom. The summed E-state index contributed by atoms with van der Waals surface area (Å²) in [6, 6.07) is 4.47. The Morgan fingerprint density at radius 2 is 2.19 bits per heavy atom. The molecule has 1 rings (SSSR count). The van der Waals surface area contributed by atoms with Crippen molar-refractivity contribution in [3.05, 3.63) is 28.8 Å². The number of benzene rings is 1. The predicted molar refractivity (Wildman–Crippen MR) is 60.5 cm³/mol. The zero-order valence-electron chi connectivity index (χ0n) is 8.62. The number of rotatable bonds is 3. The number of nitrogens with two attached hydrogens (primary N) is 1. The molecule has 86 valence electrons. The topological polar surface area (TPSA) is 81.4 Å². The molecule has 0 heterocycles. The van der Waals surface area contributed by atoms with Crippen LogP contribution in [-0.4, -0.2) is 25.5 Å². The summed E-state index contributed by atoms with van der Waals surface area (Å²) in [5.41, 5.74) is 5.67. The van der Waals surface area contributed by atoms with E-state index in [2.05, 4.69) is 10.1 Å². The van der Waals surface area contributed by atoms with Gasteiger partial charge in [-0.1, -0.05) is 11.6 Å². The second-order valence-corrected chi connectivity index (χ2v) is 3.37. The lowest BCUT2D eigenvalue weighted by molar-refractivity contribution is -0.114. The molecule has 3 N–H and O–H groups in total. The van der Waals surface area contributed by atoms with Gasteiger partial charge in [0.15, 0.2) is 0 Å². The van der Waals surface area contributed by atoms with Gasteiger partial charge in [-0.05, 0) is 18.2 Å². The zero-order chi connectivity index (χ0) is 12.1. The number of carbonyl (C=O) groups excluding carboxylic acids is 2. The number of hydrogen-bond acceptors (Lipinski definition) is 4. The normalized spacial score (nSPS) is 9.69. The van der Waals surface area contributed by atoms with Crippen LogP contribution in [0.1, 0.15) is 10.4 Å². The van der Waals surface area contributed by atoms with Crippen LogP contribution in [0, 0.1) is 0 Å². The third-order valence-electron chi connectivity index (χ3n) is 1.85. The highest BCUT2D eigenvalue weighted by atomic mass is 35.5. The highest BCUT2D eigenvalue weighted by Gasteiger charge is 2.13. The molecule has 1 amide bonds. The lowest BCUT2D eigenvalue weighted by Crippen LogP contribution is -2.23. The molecule has 0 saturated heterocycles. The fourth-order valence-electron chi connectivity index (χ4n) is 1.11. The lowest BCUT2D eigenvalue weighted by atomic mass is 10.2. The Morgan fingerprint density at radius 3 is 2.75 bits per heavy atom. The molecule has 0 atom stereocenters. The van der Waals surface area contributed by atoms with Gasteiger partial charge in [-0.25, -0.2) is 4.79 Å². The van der Waals surface area contributed by atoms with Crippen molar-refractivity contribution < 1.29 is 14.3 Å². The molecule has 6 heteroatoms. The van der Waals surface area contributed by atoms with Gasteiger partial charge in [0.25, 0.3) is 0 Å². The van der Waals surface area contributed by atoms with Crippen molar-refractivity contribution in [2.75, 3.05) is 19.0 Å². The summed E-state index contributed by atoms with van der Waals surface area (Å²) in [4.78, 5) is 22.5. The summed E-state index contributed by atoms with van der Waals surface area (Å²) < 4.78 is 4.57. The van der Waals surface area contributed by atoms with Gasteiger partial charge in [0.2, 0.25) is 5.91 Å². The van der Waals surface area contributed by atoms with E-state index in [1.165, 1.54) is 25.3 Å². The number of anilines is 1. The second kappa shape index (κ2) is 5.48. The molecule has 0 unspecified atom stereocenters. The summed E-state index contributed by atoms with van der Waals surface area (Å²) >= 11 is 5.76. The number of esters is 1. The van der Waals surface area contributed by atoms with Gasteiger partial charge in [-0.3, -0.25) is 4.79 Å². The first-order chi connectivity index (χ1) is 7.58. The van der Waals surface area contributed by atoms with Crippen molar-refractivity contribution >= 4 is 29.2 Å². The Kier molecular flexibility index (Phi) is 4.28. The average Bonchev–Trinajstić information content (AvgIpc) is 2.28. The van der Waals surface area contributed by atoms with Gasteiger partial charge < -0.3 is 15.8 Å². The Bertz CT molecular complexity index is 421. The number of amides is 1. The van der Waals surface area contributed by atoms with Crippen LogP contribution in [0.5, 0.6) is 0 Å². The number of ether oxygens (including phenoxy) is 1. The summed E-state index contributed by atoms with van der Waals surface area (Å²) in [6.45, 7) is -0.173. The molecule has 1 aromatic rings. The van der Waals surface area contributed by atoms with E-state index in [-0.39, 0.29) is 17.8 Å². The third kappa shape index (κ3) is 2.95. The number of nitrogens with one attached hydrogen (secondary N) is 1. The van der Waals surface area contributed by atoms with E-state index in [0.29, 0.717) is 5.02 Å². The van der Waals surface area contributed by atoms with E-state index in [1.807, 2.05) is 0 Å². The van der Waals surface area contributed by atoms with Crippen LogP contribution in [0.2, 0.25) is 5.02 Å². The maximum absolute atomic E-state index is 11.4. The Hall–Kier alpha value is -1.59. The van der Waals surface area contributed by atoms with E-state index >= 15 is 0 Å². The first-order valence-electron chi connectivity index (χ1n) is 4.46. The summed E-state index contributed by atoms with van der Waals surface area (Å²) in [7, 11) is 1.26. The predicted octanol–water partition coefficient (Wildman–Crippen LogP) is 1.02. The van der Waals surface area contributed by atoms with Crippen LogP contribution < -0.4 is 11.1 Å². The van der Waals surface area contributed by atoms with Crippen LogP contribution in [0.25, 0.3) is 0 Å². The van der Waals surface area contributed by atoms with Gasteiger partial charge in [-0.15, -0.1) is 0 Å². The van der Waals surface area contributed by atoms with Gasteiger partial charge in [-0.2, -0.15) is 0 Å². The largest absolute Gasteiger partial charge is 0.465 e. The molecule has 0 fully saturated rings. The van der Waals surface area contributed by atoms with Gasteiger partial charge >= 0.3 is 5.97 Å². The van der Waals surface area contributed by atoms with Gasteiger partial charge in [0, 0.05) is 5.02 Å². The molecule has 16 heavy (non-hydrogen) atoms. The summed E-state index contributed by atoms with van der Waals surface area (Å²) in [6.07, 6.45) is 0. The van der Waals surface area contributed by atoms with Crippen LogP contribution in [-0.2, 0) is 9.53 Å². The Labute approximate surface area is 97.5 Å². The quantitative estimate of drug-likeness (QED) is 0.776. The minimum atomic E-state index is -0.552. The number of halogens is 1. The first-order valence-corrected chi connectivity index (χ1v) is 4.84. The third-order valence-corrected chi connectivity index (χ3v) is 2.08. The monoisotopic (exact) mass is 242 g/mol. The number of hydrogen-bond donors (Lipinski definition) is 2. The molecular weight excluding hydrogens is 232 g/mol. The van der Waals surface area contributed by atoms with Crippen LogP contribution in [0.15, 0.2) is 18.2 Å². The lowest BCUT2D eigenvalue weighted by Gasteiger charge is -2.09. The van der Waals surface area contributed by atoms with Crippen LogP contribution in [0.4, 0.5) is 5.69 Å². The molecule has 0 bridgehead atoms. The summed E-state index contributed by atoms with van der Waals surface area (Å²) in [5.74, 6) is -0.962. The maximum Gasteiger partial charge on any atom is 0.339 e. The Balaban J connectivity index is 3.08. The van der Waals surface area contributed by atoms with Crippen molar-refractivity contribution in [1.29, 1.82) is 0 Å². The SMILES string of the molecule is COC(=O)c1ccc(Cl)cc1NC(=O)CN. The minimum absolute atomic E-state index is 0.173. The van der Waals surface area contributed by atoms with Crippen molar-refractivity contribution in [3.63, 3.8) is 0 Å². The molecule has 5 nitrogen and oxygen atoms in total. The van der Waals surface area contributed by atoms with E-state index < -0.39 is 11.9 Å². The fourth-order valence-corrected chi connectivity index (χ4v) is 1.28.